The Balaban J connectivity index is 1.45. The van der Waals surface area contributed by atoms with E-state index in [2.05, 4.69) is 142 Å². The summed E-state index contributed by atoms with van der Waals surface area (Å²) in [4.78, 5) is 0. The molecule has 2 aliphatic carbocycles. The lowest BCUT2D eigenvalue weighted by atomic mass is 9.90. The van der Waals surface area contributed by atoms with Crippen molar-refractivity contribution in [3.63, 3.8) is 0 Å². The Morgan fingerprint density at radius 1 is 0.517 bits per heavy atom. The number of hydrogen-bond acceptors (Lipinski definition) is 3. The highest BCUT2D eigenvalue weighted by atomic mass is 15.1. The van der Waals surface area contributed by atoms with Gasteiger partial charge in [-0.1, -0.05) is 103 Å². The quantitative estimate of drug-likeness (QED) is 0.180. The average Bonchev–Trinajstić information content (AvgIpc) is 3.91. The van der Waals surface area contributed by atoms with Gasteiger partial charge in [-0.2, -0.15) is 15.8 Å². The molecule has 0 unspecified atom stereocenters. The first-order chi connectivity index (χ1) is 28.6. The van der Waals surface area contributed by atoms with Crippen LogP contribution in [0, 0.1) is 40.9 Å². The van der Waals surface area contributed by atoms with E-state index in [0.29, 0.717) is 22.4 Å². The minimum atomic E-state index is 0.399. The van der Waals surface area contributed by atoms with E-state index in [1.165, 1.54) is 5.56 Å². The lowest BCUT2D eigenvalue weighted by molar-refractivity contribution is 0.884. The summed E-state index contributed by atoms with van der Waals surface area (Å²) in [5.41, 5.74) is 14.5. The van der Waals surface area contributed by atoms with Crippen LogP contribution in [0.25, 0.3) is 84.0 Å². The summed E-state index contributed by atoms with van der Waals surface area (Å²) in [5.74, 6) is 0. The summed E-state index contributed by atoms with van der Waals surface area (Å²) in [6.45, 7) is 2.08. The third-order valence-electron chi connectivity index (χ3n) is 12.2. The molecule has 0 aliphatic heterocycles. The Kier molecular flexibility index (Phi) is 7.42. The number of nitrogens with zero attached hydrogens (tertiary/aromatic N) is 6. The average molecular weight is 743 g/mol. The first-order valence-corrected chi connectivity index (χ1v) is 19.7. The van der Waals surface area contributed by atoms with E-state index in [-0.39, 0.29) is 0 Å². The number of aromatic nitrogens is 3. The van der Waals surface area contributed by atoms with Gasteiger partial charge in [0.1, 0.15) is 23.3 Å². The predicted octanol–water partition coefficient (Wildman–Crippen LogP) is 12.2. The van der Waals surface area contributed by atoms with Crippen LogP contribution in [0.5, 0.6) is 0 Å². The lowest BCUT2D eigenvalue weighted by Gasteiger charge is -2.27. The summed E-state index contributed by atoms with van der Waals surface area (Å²) in [6, 6.07) is 47.1. The number of allylic oxidation sites excluding steroid dienone is 2. The van der Waals surface area contributed by atoms with Gasteiger partial charge in [0.25, 0.3) is 0 Å². The normalized spacial score (nSPS) is 13.1. The molecule has 2 aliphatic rings. The number of hydrogen-bond donors (Lipinski definition) is 0. The summed E-state index contributed by atoms with van der Waals surface area (Å²) >= 11 is 0. The van der Waals surface area contributed by atoms with Gasteiger partial charge in [-0.15, -0.1) is 0 Å². The first kappa shape index (κ1) is 33.5. The van der Waals surface area contributed by atoms with Crippen molar-refractivity contribution < 1.29 is 0 Å². The van der Waals surface area contributed by atoms with Crippen molar-refractivity contribution in [2.24, 2.45) is 0 Å². The molecule has 0 saturated carbocycles. The molecular formula is C52H34N6. The first-order valence-electron chi connectivity index (χ1n) is 19.7. The molecule has 11 rings (SSSR count). The Morgan fingerprint density at radius 2 is 1.12 bits per heavy atom. The molecule has 6 nitrogen and oxygen atoms in total. The summed E-state index contributed by atoms with van der Waals surface area (Å²) in [7, 11) is 0. The number of para-hydroxylation sites is 3. The second-order valence-electron chi connectivity index (χ2n) is 15.3. The van der Waals surface area contributed by atoms with Crippen molar-refractivity contribution >= 4 is 55.8 Å². The zero-order valence-corrected chi connectivity index (χ0v) is 31.8. The fourth-order valence-corrected chi connectivity index (χ4v) is 9.73. The minimum absolute atomic E-state index is 0.399. The van der Waals surface area contributed by atoms with Crippen LogP contribution in [0.3, 0.4) is 0 Å². The zero-order valence-electron chi connectivity index (χ0n) is 31.8. The predicted molar refractivity (Wildman–Crippen MR) is 233 cm³/mol. The lowest BCUT2D eigenvalue weighted by Crippen LogP contribution is -2.16. The number of benzene rings is 6. The van der Waals surface area contributed by atoms with Gasteiger partial charge in [-0.25, -0.2) is 0 Å². The SMILES string of the molecule is Cc1ccc(-c2c(-n3c4c(c5ccccc53)CCC=C4)c(C#N)c(-n3c4ccccc4c4cc(C#N)ccc43)c(C#N)c2-n2c3c(c4ccccc42)C=CCC3)cc1. The molecule has 272 valence electrons. The number of aryl methyl sites for hydroxylation is 2. The molecule has 0 saturated heterocycles. The Labute approximate surface area is 335 Å². The van der Waals surface area contributed by atoms with Gasteiger partial charge in [-0.05, 0) is 86.2 Å². The van der Waals surface area contributed by atoms with Gasteiger partial charge < -0.3 is 13.7 Å². The van der Waals surface area contributed by atoms with E-state index >= 15 is 0 Å². The molecule has 0 bridgehead atoms. The van der Waals surface area contributed by atoms with Gasteiger partial charge in [-0.3, -0.25) is 0 Å². The third-order valence-corrected chi connectivity index (χ3v) is 12.2. The molecule has 0 spiro atoms. The van der Waals surface area contributed by atoms with Gasteiger partial charge in [0, 0.05) is 44.1 Å². The van der Waals surface area contributed by atoms with Crippen molar-refractivity contribution in [2.45, 2.75) is 32.6 Å². The topological polar surface area (TPSA) is 86.2 Å². The maximum Gasteiger partial charge on any atom is 0.104 e. The fourth-order valence-electron chi connectivity index (χ4n) is 9.73. The van der Waals surface area contributed by atoms with Crippen molar-refractivity contribution in [3.05, 3.63) is 172 Å². The minimum Gasteiger partial charge on any atom is -0.311 e. The molecule has 6 aromatic carbocycles. The Bertz CT molecular complexity index is 3430. The van der Waals surface area contributed by atoms with Crippen LogP contribution in [0.4, 0.5) is 0 Å². The molecule has 0 fully saturated rings. The van der Waals surface area contributed by atoms with E-state index in [1.54, 1.807) is 0 Å². The molecule has 0 amide bonds. The number of nitriles is 3. The smallest absolute Gasteiger partial charge is 0.104 e. The molecule has 0 radical (unpaired) electrons. The summed E-state index contributed by atoms with van der Waals surface area (Å²) < 4.78 is 6.72. The molecule has 3 heterocycles. The zero-order chi connectivity index (χ0) is 39.1. The van der Waals surface area contributed by atoms with Gasteiger partial charge in [0.05, 0.1) is 50.8 Å². The van der Waals surface area contributed by atoms with Crippen LogP contribution < -0.4 is 0 Å². The molecule has 0 atom stereocenters. The van der Waals surface area contributed by atoms with Crippen molar-refractivity contribution in [1.29, 1.82) is 15.8 Å². The summed E-state index contributed by atoms with van der Waals surface area (Å²) in [6.07, 6.45) is 12.4. The van der Waals surface area contributed by atoms with Gasteiger partial charge >= 0.3 is 0 Å². The van der Waals surface area contributed by atoms with E-state index in [9.17, 15) is 15.8 Å². The number of rotatable bonds is 4. The fraction of sp³-hybridized carbons (Fsp3) is 0.0962. The van der Waals surface area contributed by atoms with Crippen LogP contribution in [-0.2, 0) is 12.8 Å². The van der Waals surface area contributed by atoms with Crippen LogP contribution in [0.1, 0.15) is 57.6 Å². The molecule has 58 heavy (non-hydrogen) atoms. The molecule has 9 aromatic rings. The van der Waals surface area contributed by atoms with Crippen LogP contribution in [0.2, 0.25) is 0 Å². The van der Waals surface area contributed by atoms with E-state index in [0.717, 1.165) is 114 Å². The van der Waals surface area contributed by atoms with Gasteiger partial charge in [0.2, 0.25) is 0 Å². The molecule has 0 N–H and O–H groups in total. The maximum absolute atomic E-state index is 11.9. The third kappa shape index (κ3) is 4.62. The second kappa shape index (κ2) is 12.9. The van der Waals surface area contributed by atoms with Crippen LogP contribution in [-0.4, -0.2) is 13.7 Å². The Morgan fingerprint density at radius 3 is 1.84 bits per heavy atom. The monoisotopic (exact) mass is 742 g/mol. The maximum atomic E-state index is 11.9. The Hall–Kier alpha value is -7.85. The van der Waals surface area contributed by atoms with Gasteiger partial charge in [0.15, 0.2) is 0 Å². The van der Waals surface area contributed by atoms with Crippen LogP contribution >= 0.6 is 0 Å². The molecule has 3 aromatic heterocycles. The van der Waals surface area contributed by atoms with E-state index in [1.807, 2.05) is 36.4 Å². The highest BCUT2D eigenvalue weighted by molar-refractivity contribution is 6.11. The van der Waals surface area contributed by atoms with Crippen molar-refractivity contribution in [3.8, 4) is 46.4 Å². The van der Waals surface area contributed by atoms with Crippen LogP contribution in [0.15, 0.2) is 127 Å². The second-order valence-corrected chi connectivity index (χ2v) is 15.3. The largest absolute Gasteiger partial charge is 0.311 e. The molecule has 6 heteroatoms. The highest BCUT2D eigenvalue weighted by Gasteiger charge is 2.34. The standard InChI is InChI=1S/C52H34N6/c1-32-22-25-34(26-23-32)49-51(57-43-17-7-2-12-35(43)36-13-3-8-18-44(36)57)41(30-54)50(56-47-21-11-6-16-39(47)40-28-33(29-53)24-27-48(40)56)42(31-55)52(49)58-45-19-9-4-14-37(45)38-15-5-10-20-46(38)58/h2-4,6-7,9-14,16-17,19-28H,5,8,15,18H2,1H3. The van der Waals surface area contributed by atoms with Crippen molar-refractivity contribution in [2.75, 3.05) is 0 Å². The van der Waals surface area contributed by atoms with E-state index < -0.39 is 0 Å². The summed E-state index contributed by atoms with van der Waals surface area (Å²) in [5, 5.41) is 37.8. The van der Waals surface area contributed by atoms with Crippen molar-refractivity contribution in [1.82, 2.24) is 13.7 Å². The highest BCUT2D eigenvalue weighted by Crippen LogP contribution is 2.49. The molecular weight excluding hydrogens is 709 g/mol. The van der Waals surface area contributed by atoms with E-state index in [4.69, 9.17) is 0 Å². The number of fused-ring (bicyclic) bond motifs is 9.